The molecule has 1 heterocycles. The molecule has 7 heteroatoms. The van der Waals surface area contributed by atoms with Crippen LogP contribution in [0.15, 0.2) is 77.3 Å². The second-order valence-corrected chi connectivity index (χ2v) is 6.81. The SMILES string of the molecule is COc1ccc(CC(=O)Nc2cccc(-c3nc(-c4ccc(OC)cc4)no3)c2)cc1. The summed E-state index contributed by atoms with van der Waals surface area (Å²) in [6.45, 7) is 0. The summed E-state index contributed by atoms with van der Waals surface area (Å²) < 4.78 is 15.7. The smallest absolute Gasteiger partial charge is 0.258 e. The molecule has 0 aliphatic heterocycles. The molecule has 0 atom stereocenters. The zero-order chi connectivity index (χ0) is 21.6. The minimum absolute atomic E-state index is 0.119. The number of hydrogen-bond acceptors (Lipinski definition) is 6. The number of hydrogen-bond donors (Lipinski definition) is 1. The first-order valence-corrected chi connectivity index (χ1v) is 9.66. The lowest BCUT2D eigenvalue weighted by Gasteiger charge is -2.07. The highest BCUT2D eigenvalue weighted by Crippen LogP contribution is 2.25. The van der Waals surface area contributed by atoms with Crippen LogP contribution in [0.5, 0.6) is 11.5 Å². The number of carbonyl (C=O) groups is 1. The van der Waals surface area contributed by atoms with Crippen molar-refractivity contribution in [3.63, 3.8) is 0 Å². The first-order valence-electron chi connectivity index (χ1n) is 9.66. The van der Waals surface area contributed by atoms with E-state index >= 15 is 0 Å². The zero-order valence-electron chi connectivity index (χ0n) is 17.2. The number of nitrogens with one attached hydrogen (secondary N) is 1. The molecule has 0 aliphatic rings. The zero-order valence-corrected chi connectivity index (χ0v) is 17.2. The van der Waals surface area contributed by atoms with Crippen LogP contribution in [0, 0.1) is 0 Å². The van der Waals surface area contributed by atoms with Crippen LogP contribution in [0.4, 0.5) is 5.69 Å². The lowest BCUT2D eigenvalue weighted by atomic mass is 10.1. The van der Waals surface area contributed by atoms with Crippen LogP contribution >= 0.6 is 0 Å². The molecule has 0 fully saturated rings. The molecule has 1 aromatic heterocycles. The molecule has 7 nitrogen and oxygen atoms in total. The minimum atomic E-state index is -0.119. The van der Waals surface area contributed by atoms with E-state index in [1.807, 2.05) is 66.7 Å². The average molecular weight is 415 g/mol. The van der Waals surface area contributed by atoms with Gasteiger partial charge in [0.2, 0.25) is 11.7 Å². The van der Waals surface area contributed by atoms with Crippen molar-refractivity contribution in [2.45, 2.75) is 6.42 Å². The highest BCUT2D eigenvalue weighted by Gasteiger charge is 2.12. The molecule has 0 spiro atoms. The molecule has 156 valence electrons. The molecular weight excluding hydrogens is 394 g/mol. The fourth-order valence-corrected chi connectivity index (χ4v) is 3.06. The molecule has 4 aromatic rings. The Morgan fingerprint density at radius 3 is 2.26 bits per heavy atom. The Labute approximate surface area is 179 Å². The van der Waals surface area contributed by atoms with Gasteiger partial charge in [0.05, 0.1) is 20.6 Å². The molecule has 0 unspecified atom stereocenters. The van der Waals surface area contributed by atoms with Gasteiger partial charge < -0.3 is 19.3 Å². The van der Waals surface area contributed by atoms with E-state index in [0.717, 1.165) is 28.2 Å². The summed E-state index contributed by atoms with van der Waals surface area (Å²) >= 11 is 0. The van der Waals surface area contributed by atoms with Gasteiger partial charge in [0.25, 0.3) is 5.89 Å². The van der Waals surface area contributed by atoms with E-state index < -0.39 is 0 Å². The Kier molecular flexibility index (Phi) is 5.93. The van der Waals surface area contributed by atoms with E-state index in [1.54, 1.807) is 20.3 Å². The first-order chi connectivity index (χ1) is 15.1. The van der Waals surface area contributed by atoms with Crippen LogP contribution in [0.1, 0.15) is 5.56 Å². The molecule has 0 radical (unpaired) electrons. The summed E-state index contributed by atoms with van der Waals surface area (Å²) in [6.07, 6.45) is 0.260. The van der Waals surface area contributed by atoms with Crippen LogP contribution in [-0.4, -0.2) is 30.3 Å². The first kappa shape index (κ1) is 20.2. The number of rotatable bonds is 7. The number of nitrogens with zero attached hydrogens (tertiary/aromatic N) is 2. The lowest BCUT2D eigenvalue weighted by molar-refractivity contribution is -0.115. The number of amides is 1. The summed E-state index contributed by atoms with van der Waals surface area (Å²) in [5.41, 5.74) is 3.09. The van der Waals surface area contributed by atoms with Crippen molar-refractivity contribution in [3.05, 3.63) is 78.4 Å². The Bertz CT molecular complexity index is 1170. The summed E-state index contributed by atoms with van der Waals surface area (Å²) in [5.74, 6) is 2.24. The van der Waals surface area contributed by atoms with E-state index in [2.05, 4.69) is 15.5 Å². The van der Waals surface area contributed by atoms with Gasteiger partial charge in [-0.05, 0) is 60.2 Å². The Morgan fingerprint density at radius 1 is 0.903 bits per heavy atom. The van der Waals surface area contributed by atoms with Crippen LogP contribution in [0.25, 0.3) is 22.8 Å². The lowest BCUT2D eigenvalue weighted by Crippen LogP contribution is -2.14. The summed E-state index contributed by atoms with van der Waals surface area (Å²) in [7, 11) is 3.22. The Hall–Kier alpha value is -4.13. The quantitative estimate of drug-likeness (QED) is 0.475. The van der Waals surface area contributed by atoms with Crippen LogP contribution < -0.4 is 14.8 Å². The van der Waals surface area contributed by atoms with Crippen molar-refractivity contribution in [1.29, 1.82) is 0 Å². The number of aromatic nitrogens is 2. The molecular formula is C24H21N3O4. The van der Waals surface area contributed by atoms with Crippen molar-refractivity contribution < 1.29 is 18.8 Å². The van der Waals surface area contributed by atoms with Gasteiger partial charge in [-0.3, -0.25) is 4.79 Å². The van der Waals surface area contributed by atoms with Crippen molar-refractivity contribution in [3.8, 4) is 34.3 Å². The maximum Gasteiger partial charge on any atom is 0.258 e. The summed E-state index contributed by atoms with van der Waals surface area (Å²) in [4.78, 5) is 16.9. The molecule has 4 rings (SSSR count). The third-order valence-corrected chi connectivity index (χ3v) is 4.69. The second kappa shape index (κ2) is 9.13. The van der Waals surface area contributed by atoms with E-state index in [9.17, 15) is 4.79 Å². The van der Waals surface area contributed by atoms with Crippen molar-refractivity contribution in [1.82, 2.24) is 10.1 Å². The van der Waals surface area contributed by atoms with E-state index in [1.165, 1.54) is 0 Å². The van der Waals surface area contributed by atoms with E-state index in [0.29, 0.717) is 17.4 Å². The van der Waals surface area contributed by atoms with E-state index in [-0.39, 0.29) is 12.3 Å². The standard InChI is InChI=1S/C24H21N3O4/c1-29-20-10-6-16(7-11-20)14-22(28)25-19-5-3-4-18(15-19)24-26-23(27-31-24)17-8-12-21(30-2)13-9-17/h3-13,15H,14H2,1-2H3,(H,25,28). The third-order valence-electron chi connectivity index (χ3n) is 4.69. The largest absolute Gasteiger partial charge is 0.497 e. The van der Waals surface area contributed by atoms with Gasteiger partial charge in [-0.15, -0.1) is 0 Å². The van der Waals surface area contributed by atoms with Gasteiger partial charge >= 0.3 is 0 Å². The van der Waals surface area contributed by atoms with Gasteiger partial charge in [0.15, 0.2) is 0 Å². The normalized spacial score (nSPS) is 10.5. The maximum absolute atomic E-state index is 12.4. The second-order valence-electron chi connectivity index (χ2n) is 6.81. The van der Waals surface area contributed by atoms with Gasteiger partial charge in [0.1, 0.15) is 11.5 Å². The van der Waals surface area contributed by atoms with Gasteiger partial charge in [-0.1, -0.05) is 23.4 Å². The van der Waals surface area contributed by atoms with Crippen LogP contribution in [0.2, 0.25) is 0 Å². The molecule has 31 heavy (non-hydrogen) atoms. The molecule has 0 bridgehead atoms. The predicted octanol–water partition coefficient (Wildman–Crippen LogP) is 4.60. The molecule has 0 aliphatic carbocycles. The van der Waals surface area contributed by atoms with Crippen molar-refractivity contribution in [2.75, 3.05) is 19.5 Å². The van der Waals surface area contributed by atoms with Crippen molar-refractivity contribution in [2.24, 2.45) is 0 Å². The molecule has 3 aromatic carbocycles. The predicted molar refractivity (Wildman–Crippen MR) is 117 cm³/mol. The topological polar surface area (TPSA) is 86.5 Å². The van der Waals surface area contributed by atoms with Gasteiger partial charge in [0, 0.05) is 16.8 Å². The third kappa shape index (κ3) is 4.90. The summed E-state index contributed by atoms with van der Waals surface area (Å²) in [5, 5.41) is 6.96. The molecule has 0 saturated heterocycles. The van der Waals surface area contributed by atoms with Crippen LogP contribution in [-0.2, 0) is 11.2 Å². The monoisotopic (exact) mass is 415 g/mol. The number of carbonyl (C=O) groups excluding carboxylic acids is 1. The minimum Gasteiger partial charge on any atom is -0.497 e. The van der Waals surface area contributed by atoms with E-state index in [4.69, 9.17) is 14.0 Å². The average Bonchev–Trinajstić information content (AvgIpc) is 3.30. The fraction of sp³-hybridized carbons (Fsp3) is 0.125. The molecule has 0 saturated carbocycles. The Balaban J connectivity index is 1.45. The highest BCUT2D eigenvalue weighted by atomic mass is 16.5. The highest BCUT2D eigenvalue weighted by molar-refractivity contribution is 5.92. The Morgan fingerprint density at radius 2 is 1.58 bits per heavy atom. The molecule has 1 N–H and O–H groups in total. The van der Waals surface area contributed by atoms with Gasteiger partial charge in [-0.2, -0.15) is 4.98 Å². The number of benzene rings is 3. The number of anilines is 1. The number of ether oxygens (including phenoxy) is 2. The summed E-state index contributed by atoms with van der Waals surface area (Å²) in [6, 6.07) is 22.1. The maximum atomic E-state index is 12.4. The van der Waals surface area contributed by atoms with Crippen molar-refractivity contribution >= 4 is 11.6 Å². The number of methoxy groups -OCH3 is 2. The van der Waals surface area contributed by atoms with Crippen LogP contribution in [0.3, 0.4) is 0 Å². The fourth-order valence-electron chi connectivity index (χ4n) is 3.06. The molecule has 1 amide bonds. The van der Waals surface area contributed by atoms with Gasteiger partial charge in [-0.25, -0.2) is 0 Å².